The van der Waals surface area contributed by atoms with Gasteiger partial charge in [0.15, 0.2) is 0 Å². The SMILES string of the molecule is Clc1ccc2nc(N3CCCCC3)cc(N3CCCCC3)c2c1. The lowest BCUT2D eigenvalue weighted by Gasteiger charge is -2.32. The second kappa shape index (κ2) is 6.56. The Hall–Kier alpha value is -1.48. The summed E-state index contributed by atoms with van der Waals surface area (Å²) in [5, 5.41) is 1.99. The third-order valence-electron chi connectivity index (χ3n) is 5.11. The van der Waals surface area contributed by atoms with Crippen molar-refractivity contribution in [2.75, 3.05) is 36.0 Å². The molecule has 0 atom stereocenters. The smallest absolute Gasteiger partial charge is 0.131 e. The Morgan fingerprint density at radius 3 is 2.13 bits per heavy atom. The Balaban J connectivity index is 1.80. The van der Waals surface area contributed by atoms with Crippen molar-refractivity contribution in [3.8, 4) is 0 Å². The first-order valence-electron chi connectivity index (χ1n) is 8.91. The van der Waals surface area contributed by atoms with E-state index in [1.54, 1.807) is 0 Å². The van der Waals surface area contributed by atoms with Gasteiger partial charge >= 0.3 is 0 Å². The molecule has 23 heavy (non-hydrogen) atoms. The minimum Gasteiger partial charge on any atom is -0.371 e. The van der Waals surface area contributed by atoms with E-state index in [1.165, 1.54) is 49.6 Å². The second-order valence-corrected chi connectivity index (χ2v) is 7.19. The van der Waals surface area contributed by atoms with Crippen LogP contribution in [0.2, 0.25) is 5.02 Å². The van der Waals surface area contributed by atoms with E-state index in [1.807, 2.05) is 6.07 Å². The Labute approximate surface area is 143 Å². The Morgan fingerprint density at radius 2 is 1.43 bits per heavy atom. The van der Waals surface area contributed by atoms with Crippen LogP contribution in [0.3, 0.4) is 0 Å². The highest BCUT2D eigenvalue weighted by molar-refractivity contribution is 6.31. The highest BCUT2D eigenvalue weighted by Crippen LogP contribution is 2.34. The zero-order valence-electron chi connectivity index (χ0n) is 13.6. The Morgan fingerprint density at radius 1 is 0.783 bits per heavy atom. The van der Waals surface area contributed by atoms with E-state index in [2.05, 4.69) is 28.0 Å². The Kier molecular flexibility index (Phi) is 4.30. The number of pyridine rings is 1. The van der Waals surface area contributed by atoms with Gasteiger partial charge in [0.25, 0.3) is 0 Å². The summed E-state index contributed by atoms with van der Waals surface area (Å²) in [6, 6.07) is 8.40. The van der Waals surface area contributed by atoms with E-state index in [4.69, 9.17) is 16.6 Å². The van der Waals surface area contributed by atoms with Gasteiger partial charge in [-0.1, -0.05) is 11.6 Å². The van der Waals surface area contributed by atoms with Crippen LogP contribution in [0.4, 0.5) is 11.5 Å². The van der Waals surface area contributed by atoms with Crippen molar-refractivity contribution >= 4 is 34.0 Å². The lowest BCUT2D eigenvalue weighted by Crippen LogP contribution is -2.32. The average molecular weight is 330 g/mol. The van der Waals surface area contributed by atoms with Gasteiger partial charge in [-0.05, 0) is 56.7 Å². The van der Waals surface area contributed by atoms with E-state index < -0.39 is 0 Å². The van der Waals surface area contributed by atoms with Gasteiger partial charge in [0.1, 0.15) is 5.82 Å². The molecule has 4 heteroatoms. The molecule has 1 aromatic heterocycles. The van der Waals surface area contributed by atoms with Crippen molar-refractivity contribution in [2.45, 2.75) is 38.5 Å². The summed E-state index contributed by atoms with van der Waals surface area (Å²) in [7, 11) is 0. The van der Waals surface area contributed by atoms with E-state index in [9.17, 15) is 0 Å². The van der Waals surface area contributed by atoms with Crippen LogP contribution in [-0.2, 0) is 0 Å². The molecule has 3 heterocycles. The third kappa shape index (κ3) is 3.12. The molecule has 3 nitrogen and oxygen atoms in total. The minimum atomic E-state index is 0.795. The van der Waals surface area contributed by atoms with Crippen molar-refractivity contribution in [3.63, 3.8) is 0 Å². The maximum atomic E-state index is 6.26. The minimum absolute atomic E-state index is 0.795. The summed E-state index contributed by atoms with van der Waals surface area (Å²) in [5.74, 6) is 1.14. The Bertz CT molecular complexity index is 688. The predicted octanol–water partition coefficient (Wildman–Crippen LogP) is 4.87. The summed E-state index contributed by atoms with van der Waals surface area (Å²) >= 11 is 6.26. The largest absolute Gasteiger partial charge is 0.371 e. The van der Waals surface area contributed by atoms with Gasteiger partial charge < -0.3 is 9.80 Å². The van der Waals surface area contributed by atoms with E-state index in [0.29, 0.717) is 0 Å². The van der Waals surface area contributed by atoms with Crippen molar-refractivity contribution in [3.05, 3.63) is 29.3 Å². The fraction of sp³-hybridized carbons (Fsp3) is 0.526. The van der Waals surface area contributed by atoms with Crippen LogP contribution in [0.25, 0.3) is 10.9 Å². The van der Waals surface area contributed by atoms with Crippen LogP contribution in [0.1, 0.15) is 38.5 Å². The first-order valence-corrected chi connectivity index (χ1v) is 9.29. The van der Waals surface area contributed by atoms with Crippen molar-refractivity contribution < 1.29 is 0 Å². The van der Waals surface area contributed by atoms with E-state index in [-0.39, 0.29) is 0 Å². The van der Waals surface area contributed by atoms with E-state index in [0.717, 1.165) is 42.5 Å². The summed E-state index contributed by atoms with van der Waals surface area (Å²) in [4.78, 5) is 9.91. The van der Waals surface area contributed by atoms with Crippen molar-refractivity contribution in [1.29, 1.82) is 0 Å². The molecule has 0 unspecified atom stereocenters. The van der Waals surface area contributed by atoms with Crippen molar-refractivity contribution in [2.24, 2.45) is 0 Å². The van der Waals surface area contributed by atoms with Crippen LogP contribution in [0.5, 0.6) is 0 Å². The summed E-state index contributed by atoms with van der Waals surface area (Å²) in [6.45, 7) is 4.55. The average Bonchev–Trinajstić information content (AvgIpc) is 2.62. The second-order valence-electron chi connectivity index (χ2n) is 6.76. The molecule has 0 bridgehead atoms. The number of benzene rings is 1. The van der Waals surface area contributed by atoms with Crippen LogP contribution in [0.15, 0.2) is 24.3 Å². The van der Waals surface area contributed by atoms with Gasteiger partial charge in [0.2, 0.25) is 0 Å². The fourth-order valence-corrected chi connectivity index (χ4v) is 4.02. The van der Waals surface area contributed by atoms with Gasteiger partial charge in [-0.25, -0.2) is 4.98 Å². The van der Waals surface area contributed by atoms with Gasteiger partial charge in [-0.3, -0.25) is 0 Å². The molecule has 2 fully saturated rings. The lowest BCUT2D eigenvalue weighted by molar-refractivity contribution is 0.571. The normalized spacial score (nSPS) is 19.3. The van der Waals surface area contributed by atoms with Gasteiger partial charge in [0.05, 0.1) is 5.52 Å². The molecule has 0 spiro atoms. The van der Waals surface area contributed by atoms with E-state index >= 15 is 0 Å². The number of piperidine rings is 2. The lowest BCUT2D eigenvalue weighted by atomic mass is 10.1. The molecule has 2 aliphatic heterocycles. The van der Waals surface area contributed by atoms with Gasteiger partial charge in [-0.2, -0.15) is 0 Å². The molecule has 2 aromatic rings. The molecule has 122 valence electrons. The number of halogens is 1. The van der Waals surface area contributed by atoms with Crippen LogP contribution < -0.4 is 9.80 Å². The molecular weight excluding hydrogens is 306 g/mol. The molecule has 0 N–H and O–H groups in total. The van der Waals surface area contributed by atoms with Crippen molar-refractivity contribution in [1.82, 2.24) is 4.98 Å². The topological polar surface area (TPSA) is 19.4 Å². The number of aromatic nitrogens is 1. The molecule has 2 saturated heterocycles. The summed E-state index contributed by atoms with van der Waals surface area (Å²) in [6.07, 6.45) is 7.81. The fourth-order valence-electron chi connectivity index (χ4n) is 3.85. The quantitative estimate of drug-likeness (QED) is 0.783. The maximum Gasteiger partial charge on any atom is 0.131 e. The number of rotatable bonds is 2. The number of hydrogen-bond donors (Lipinski definition) is 0. The van der Waals surface area contributed by atoms with Crippen LogP contribution >= 0.6 is 11.6 Å². The summed E-state index contributed by atoms with van der Waals surface area (Å²) < 4.78 is 0. The van der Waals surface area contributed by atoms with Gasteiger partial charge in [-0.15, -0.1) is 0 Å². The molecule has 2 aliphatic rings. The third-order valence-corrected chi connectivity index (χ3v) is 5.35. The number of hydrogen-bond acceptors (Lipinski definition) is 3. The van der Waals surface area contributed by atoms with Gasteiger partial charge in [0, 0.05) is 48.3 Å². The first-order chi connectivity index (χ1) is 11.3. The molecular formula is C19H24ClN3. The van der Waals surface area contributed by atoms with Crippen LogP contribution in [-0.4, -0.2) is 31.2 Å². The highest BCUT2D eigenvalue weighted by atomic mass is 35.5. The number of fused-ring (bicyclic) bond motifs is 1. The monoisotopic (exact) mass is 329 g/mol. The predicted molar refractivity (Wildman–Crippen MR) is 98.9 cm³/mol. The highest BCUT2D eigenvalue weighted by Gasteiger charge is 2.19. The standard InChI is InChI=1S/C19H24ClN3/c20-15-7-8-17-16(13-15)18(22-9-3-1-4-10-22)14-19(21-17)23-11-5-2-6-12-23/h7-8,13-14H,1-6,9-12H2. The zero-order chi connectivity index (χ0) is 15.6. The molecule has 4 rings (SSSR count). The number of nitrogens with zero attached hydrogens (tertiary/aromatic N) is 3. The molecule has 0 radical (unpaired) electrons. The molecule has 0 saturated carbocycles. The number of anilines is 2. The maximum absolute atomic E-state index is 6.26. The van der Waals surface area contributed by atoms with Crippen LogP contribution in [0, 0.1) is 0 Å². The zero-order valence-corrected chi connectivity index (χ0v) is 14.4. The molecule has 0 aliphatic carbocycles. The molecule has 1 aromatic carbocycles. The summed E-state index contributed by atoms with van der Waals surface area (Å²) in [5.41, 5.74) is 2.39. The molecule has 0 amide bonds. The first kappa shape index (κ1) is 15.1.